The summed E-state index contributed by atoms with van der Waals surface area (Å²) in [7, 11) is 0. The van der Waals surface area contributed by atoms with Gasteiger partial charge in [-0.05, 0) is 31.3 Å². The van der Waals surface area contributed by atoms with Gasteiger partial charge in [0.2, 0.25) is 0 Å². The monoisotopic (exact) mass is 180 g/mol. The van der Waals surface area contributed by atoms with Gasteiger partial charge in [0.25, 0.3) is 0 Å². The Morgan fingerprint density at radius 1 is 1.38 bits per heavy atom. The molecule has 0 spiro atoms. The Kier molecular flexibility index (Phi) is 3.29. The van der Waals surface area contributed by atoms with E-state index in [0.717, 1.165) is 6.42 Å². The molecule has 74 valence electrons. The molecule has 1 nitrogen and oxygen atoms in total. The van der Waals surface area contributed by atoms with E-state index in [1.54, 1.807) is 6.08 Å². The summed E-state index contributed by atoms with van der Waals surface area (Å²) in [5.74, 6) is 0.588. The average Bonchev–Trinajstić information content (AvgIpc) is 2.03. The van der Waals surface area contributed by atoms with E-state index in [0.29, 0.717) is 5.78 Å². The van der Waals surface area contributed by atoms with Crippen molar-refractivity contribution in [1.29, 1.82) is 0 Å². The third-order valence-corrected chi connectivity index (χ3v) is 3.18. The molecule has 0 aromatic heterocycles. The van der Waals surface area contributed by atoms with Crippen LogP contribution in [0.25, 0.3) is 0 Å². The molecule has 1 fully saturated rings. The van der Waals surface area contributed by atoms with Gasteiger partial charge in [-0.3, -0.25) is 4.79 Å². The standard InChI is InChI=1S/C12H20O/c1-4-7-11(13)10-8-5-6-9-12(10,2)3/h4,7,10H,5-6,8-9H2,1-3H3/b7-4+/t10-/m1/s1. The van der Waals surface area contributed by atoms with E-state index in [1.807, 2.05) is 13.0 Å². The van der Waals surface area contributed by atoms with E-state index in [2.05, 4.69) is 13.8 Å². The zero-order valence-electron chi connectivity index (χ0n) is 8.97. The molecule has 0 bridgehead atoms. The lowest BCUT2D eigenvalue weighted by atomic mass is 9.67. The van der Waals surface area contributed by atoms with E-state index >= 15 is 0 Å². The molecular weight excluding hydrogens is 160 g/mol. The lowest BCUT2D eigenvalue weighted by Gasteiger charge is -2.37. The average molecular weight is 180 g/mol. The van der Waals surface area contributed by atoms with Crippen molar-refractivity contribution in [2.24, 2.45) is 11.3 Å². The Morgan fingerprint density at radius 2 is 2.08 bits per heavy atom. The number of carbonyl (C=O) groups excluding carboxylic acids is 1. The summed E-state index contributed by atoms with van der Waals surface area (Å²) in [5.41, 5.74) is 0.217. The van der Waals surface area contributed by atoms with Crippen molar-refractivity contribution in [2.75, 3.05) is 0 Å². The highest BCUT2D eigenvalue weighted by molar-refractivity contribution is 5.92. The normalized spacial score (nSPS) is 27.8. The largest absolute Gasteiger partial charge is 0.295 e. The van der Waals surface area contributed by atoms with Crippen LogP contribution in [0.5, 0.6) is 0 Å². The van der Waals surface area contributed by atoms with Gasteiger partial charge in [0.1, 0.15) is 0 Å². The van der Waals surface area contributed by atoms with Crippen LogP contribution in [-0.4, -0.2) is 5.78 Å². The van der Waals surface area contributed by atoms with Crippen molar-refractivity contribution >= 4 is 5.78 Å². The Morgan fingerprint density at radius 3 is 2.62 bits per heavy atom. The first kappa shape index (κ1) is 10.5. The number of hydrogen-bond acceptors (Lipinski definition) is 1. The van der Waals surface area contributed by atoms with Gasteiger partial charge in [0, 0.05) is 5.92 Å². The van der Waals surface area contributed by atoms with Gasteiger partial charge >= 0.3 is 0 Å². The Hall–Kier alpha value is -0.590. The number of rotatable bonds is 2. The molecule has 1 saturated carbocycles. The maximum absolute atomic E-state index is 11.7. The second kappa shape index (κ2) is 4.08. The highest BCUT2D eigenvalue weighted by Gasteiger charge is 2.35. The van der Waals surface area contributed by atoms with E-state index in [-0.39, 0.29) is 11.3 Å². The first-order valence-electron chi connectivity index (χ1n) is 5.24. The summed E-state index contributed by atoms with van der Waals surface area (Å²) in [4.78, 5) is 11.7. The molecule has 0 aromatic carbocycles. The van der Waals surface area contributed by atoms with Gasteiger partial charge in [-0.2, -0.15) is 0 Å². The maximum Gasteiger partial charge on any atom is 0.158 e. The van der Waals surface area contributed by atoms with Crippen molar-refractivity contribution in [1.82, 2.24) is 0 Å². The van der Waals surface area contributed by atoms with Crippen LogP contribution in [0, 0.1) is 11.3 Å². The molecular formula is C12H20O. The molecule has 0 unspecified atom stereocenters. The van der Waals surface area contributed by atoms with Gasteiger partial charge in [-0.25, -0.2) is 0 Å². The molecule has 0 aliphatic heterocycles. The zero-order valence-corrected chi connectivity index (χ0v) is 8.97. The molecule has 13 heavy (non-hydrogen) atoms. The summed E-state index contributed by atoms with van der Waals surface area (Å²) in [5, 5.41) is 0. The van der Waals surface area contributed by atoms with E-state index in [1.165, 1.54) is 19.3 Å². The van der Waals surface area contributed by atoms with Crippen LogP contribution in [0.3, 0.4) is 0 Å². The summed E-state index contributed by atoms with van der Waals surface area (Å²) in [6.07, 6.45) is 8.37. The molecule has 0 N–H and O–H groups in total. The van der Waals surface area contributed by atoms with Gasteiger partial charge < -0.3 is 0 Å². The van der Waals surface area contributed by atoms with E-state index < -0.39 is 0 Å². The van der Waals surface area contributed by atoms with Crippen LogP contribution in [0.4, 0.5) is 0 Å². The lowest BCUT2D eigenvalue weighted by molar-refractivity contribution is -0.123. The number of allylic oxidation sites excluding steroid dienone is 2. The highest BCUT2D eigenvalue weighted by atomic mass is 16.1. The third kappa shape index (κ3) is 2.43. The van der Waals surface area contributed by atoms with Crippen molar-refractivity contribution in [3.63, 3.8) is 0 Å². The lowest BCUT2D eigenvalue weighted by Crippen LogP contribution is -2.33. The molecule has 1 aliphatic carbocycles. The second-order valence-electron chi connectivity index (χ2n) is 4.69. The fourth-order valence-electron chi connectivity index (χ4n) is 2.30. The van der Waals surface area contributed by atoms with Crippen LogP contribution in [0.2, 0.25) is 0 Å². The van der Waals surface area contributed by atoms with Gasteiger partial charge in [0.05, 0.1) is 0 Å². The molecule has 0 saturated heterocycles. The molecule has 0 amide bonds. The zero-order chi connectivity index (χ0) is 9.90. The molecule has 1 rings (SSSR count). The Labute approximate surface area is 81.2 Å². The van der Waals surface area contributed by atoms with Crippen LogP contribution >= 0.6 is 0 Å². The summed E-state index contributed by atoms with van der Waals surface area (Å²) in [6, 6.07) is 0. The number of hydrogen-bond donors (Lipinski definition) is 0. The predicted octanol–water partition coefficient (Wildman–Crippen LogP) is 3.35. The summed E-state index contributed by atoms with van der Waals surface area (Å²) < 4.78 is 0. The minimum atomic E-state index is 0.217. The van der Waals surface area contributed by atoms with Gasteiger partial charge in [-0.15, -0.1) is 0 Å². The molecule has 1 aliphatic rings. The quantitative estimate of drug-likeness (QED) is 0.596. The van der Waals surface area contributed by atoms with Crippen molar-refractivity contribution in [3.8, 4) is 0 Å². The van der Waals surface area contributed by atoms with Crippen molar-refractivity contribution in [2.45, 2.75) is 46.5 Å². The maximum atomic E-state index is 11.7. The fourth-order valence-corrected chi connectivity index (χ4v) is 2.30. The fraction of sp³-hybridized carbons (Fsp3) is 0.750. The molecule has 1 heteroatoms. The molecule has 0 radical (unpaired) electrons. The minimum Gasteiger partial charge on any atom is -0.295 e. The van der Waals surface area contributed by atoms with Crippen LogP contribution in [0.1, 0.15) is 46.5 Å². The SMILES string of the molecule is C/C=C/C(=O)[C@H]1CCCCC1(C)C. The molecule has 1 atom stereocenters. The Bertz CT molecular complexity index is 213. The van der Waals surface area contributed by atoms with Crippen LogP contribution < -0.4 is 0 Å². The summed E-state index contributed by atoms with van der Waals surface area (Å²) >= 11 is 0. The van der Waals surface area contributed by atoms with Crippen molar-refractivity contribution in [3.05, 3.63) is 12.2 Å². The predicted molar refractivity (Wildman–Crippen MR) is 55.6 cm³/mol. The van der Waals surface area contributed by atoms with E-state index in [9.17, 15) is 4.79 Å². The summed E-state index contributed by atoms with van der Waals surface area (Å²) in [6.45, 7) is 6.35. The first-order valence-corrected chi connectivity index (χ1v) is 5.24. The van der Waals surface area contributed by atoms with Crippen LogP contribution in [0.15, 0.2) is 12.2 Å². The van der Waals surface area contributed by atoms with Crippen LogP contribution in [-0.2, 0) is 4.79 Å². The van der Waals surface area contributed by atoms with Crippen molar-refractivity contribution < 1.29 is 4.79 Å². The minimum absolute atomic E-state index is 0.217. The number of carbonyl (C=O) groups is 1. The first-order chi connectivity index (χ1) is 6.08. The highest BCUT2D eigenvalue weighted by Crippen LogP contribution is 2.41. The van der Waals surface area contributed by atoms with E-state index in [4.69, 9.17) is 0 Å². The second-order valence-corrected chi connectivity index (χ2v) is 4.69. The third-order valence-electron chi connectivity index (χ3n) is 3.18. The topological polar surface area (TPSA) is 17.1 Å². The molecule has 0 heterocycles. The van der Waals surface area contributed by atoms with Gasteiger partial charge in [0.15, 0.2) is 5.78 Å². The molecule has 0 aromatic rings. The van der Waals surface area contributed by atoms with Gasteiger partial charge in [-0.1, -0.05) is 32.8 Å². The smallest absolute Gasteiger partial charge is 0.158 e. The number of ketones is 1. The Balaban J connectivity index is 2.70.